The Balaban J connectivity index is 2.44. The number of rotatable bonds is 4. The highest BCUT2D eigenvalue weighted by Crippen LogP contribution is 2.37. The molecule has 17 heavy (non-hydrogen) atoms. The molecule has 0 atom stereocenters. The van der Waals surface area contributed by atoms with Gasteiger partial charge in [-0.25, -0.2) is 0 Å². The summed E-state index contributed by atoms with van der Waals surface area (Å²) in [5, 5.41) is 12.7. The number of hydrogen-bond donors (Lipinski definition) is 0. The largest absolute Gasteiger partial charge is 0.297 e. The molecule has 1 aromatic rings. The van der Waals surface area contributed by atoms with Crippen LogP contribution in [0.1, 0.15) is 31.4 Å². The minimum absolute atomic E-state index is 0.146. The Morgan fingerprint density at radius 2 is 2.24 bits per heavy atom. The van der Waals surface area contributed by atoms with Gasteiger partial charge in [0.2, 0.25) is 5.16 Å². The summed E-state index contributed by atoms with van der Waals surface area (Å²) in [5.74, 6) is 0.286. The highest BCUT2D eigenvalue weighted by atomic mass is 32.2. The second-order valence-electron chi connectivity index (χ2n) is 3.75. The molecule has 1 aliphatic rings. The highest BCUT2D eigenvalue weighted by Gasteiger charge is 2.29. The van der Waals surface area contributed by atoms with Crippen molar-refractivity contribution in [1.29, 1.82) is 0 Å². The Morgan fingerprint density at radius 1 is 1.47 bits per heavy atom. The molecule has 1 heterocycles. The Hall–Kier alpha value is -1.43. The molecule has 90 valence electrons. The average Bonchev–Trinajstić information content (AvgIpc) is 3.15. The molecule has 1 saturated carbocycles. The molecular formula is C11H14N4OS. The van der Waals surface area contributed by atoms with Crippen molar-refractivity contribution < 1.29 is 0 Å². The monoisotopic (exact) mass is 250 g/mol. The van der Waals surface area contributed by atoms with Crippen molar-refractivity contribution in [2.45, 2.75) is 30.8 Å². The van der Waals surface area contributed by atoms with Gasteiger partial charge in [-0.05, 0) is 32.1 Å². The summed E-state index contributed by atoms with van der Waals surface area (Å²) in [6, 6.07) is 0. The maximum Gasteiger partial charge on any atom is 0.297 e. The minimum atomic E-state index is -0.146. The van der Waals surface area contributed by atoms with E-state index in [1.807, 2.05) is 19.3 Å². The van der Waals surface area contributed by atoms with Crippen LogP contribution in [0.3, 0.4) is 0 Å². The molecule has 0 N–H and O–H groups in total. The van der Waals surface area contributed by atoms with Crippen molar-refractivity contribution in [3.63, 3.8) is 0 Å². The molecule has 1 fully saturated rings. The second-order valence-corrected chi connectivity index (χ2v) is 4.53. The summed E-state index contributed by atoms with van der Waals surface area (Å²) in [5.41, 5.74) is 0.396. The van der Waals surface area contributed by atoms with Crippen LogP contribution >= 0.6 is 11.8 Å². The number of allylic oxidation sites excluding steroid dienone is 2. The van der Waals surface area contributed by atoms with Crippen molar-refractivity contribution in [2.24, 2.45) is 5.10 Å². The van der Waals surface area contributed by atoms with Crippen molar-refractivity contribution >= 4 is 18.0 Å². The summed E-state index contributed by atoms with van der Waals surface area (Å²) in [6.07, 6.45) is 9.11. The number of thioether (sulfide) groups is 1. The van der Waals surface area contributed by atoms with Gasteiger partial charge in [-0.3, -0.25) is 4.79 Å². The zero-order valence-corrected chi connectivity index (χ0v) is 10.6. The van der Waals surface area contributed by atoms with Crippen LogP contribution in [-0.4, -0.2) is 27.3 Å². The van der Waals surface area contributed by atoms with Gasteiger partial charge in [0.25, 0.3) is 5.56 Å². The van der Waals surface area contributed by atoms with Gasteiger partial charge < -0.3 is 0 Å². The molecule has 1 aromatic heterocycles. The van der Waals surface area contributed by atoms with Crippen molar-refractivity contribution in [1.82, 2.24) is 14.9 Å². The molecule has 0 unspecified atom stereocenters. The summed E-state index contributed by atoms with van der Waals surface area (Å²) >= 11 is 1.36. The van der Waals surface area contributed by atoms with Gasteiger partial charge in [0.1, 0.15) is 5.69 Å². The van der Waals surface area contributed by atoms with Crippen LogP contribution in [-0.2, 0) is 0 Å². The average molecular weight is 250 g/mol. The van der Waals surface area contributed by atoms with Gasteiger partial charge in [-0.15, -0.1) is 10.2 Å². The van der Waals surface area contributed by atoms with E-state index in [1.165, 1.54) is 16.4 Å². The standard InChI is InChI=1S/C11H14N4OS/c1-3-4-7-12-15-10(16)9(8-5-6-8)13-14-11(15)17-2/h3-4,7-8H,5-6H2,1-2H3/b4-3+,12-7+. The van der Waals surface area contributed by atoms with Crippen molar-refractivity contribution in [3.8, 4) is 0 Å². The van der Waals surface area contributed by atoms with Crippen molar-refractivity contribution in [2.75, 3.05) is 6.26 Å². The van der Waals surface area contributed by atoms with E-state index in [0.717, 1.165) is 12.8 Å². The van der Waals surface area contributed by atoms with E-state index in [9.17, 15) is 4.79 Å². The van der Waals surface area contributed by atoms with Crippen LogP contribution in [0.2, 0.25) is 0 Å². The maximum atomic E-state index is 12.1. The first kappa shape index (κ1) is 12.0. The zero-order chi connectivity index (χ0) is 12.3. The number of hydrogen-bond acceptors (Lipinski definition) is 5. The lowest BCUT2D eigenvalue weighted by Crippen LogP contribution is -2.25. The van der Waals surface area contributed by atoms with E-state index < -0.39 is 0 Å². The SMILES string of the molecule is C/C=C/C=N/n1c(SC)nnc(C2CC2)c1=O. The lowest BCUT2D eigenvalue weighted by Gasteiger charge is -2.04. The van der Waals surface area contributed by atoms with Crippen LogP contribution in [0.5, 0.6) is 0 Å². The molecule has 2 rings (SSSR count). The summed E-state index contributed by atoms with van der Waals surface area (Å²) in [4.78, 5) is 12.1. The van der Waals surface area contributed by atoms with Gasteiger partial charge in [0.15, 0.2) is 0 Å². The predicted octanol–water partition coefficient (Wildman–Crippen LogP) is 1.65. The Labute approximate surface area is 104 Å². The first-order chi connectivity index (χ1) is 8.27. The lowest BCUT2D eigenvalue weighted by molar-refractivity contribution is 0.624. The molecule has 0 aliphatic heterocycles. The molecule has 0 aromatic carbocycles. The van der Waals surface area contributed by atoms with E-state index in [-0.39, 0.29) is 11.5 Å². The first-order valence-corrected chi connectivity index (χ1v) is 6.69. The van der Waals surface area contributed by atoms with Gasteiger partial charge in [0, 0.05) is 12.1 Å². The van der Waals surface area contributed by atoms with Crippen LogP contribution in [0.25, 0.3) is 0 Å². The van der Waals surface area contributed by atoms with E-state index in [4.69, 9.17) is 0 Å². The number of aromatic nitrogens is 3. The lowest BCUT2D eigenvalue weighted by atomic mass is 10.3. The molecular weight excluding hydrogens is 236 g/mol. The predicted molar refractivity (Wildman–Crippen MR) is 68.8 cm³/mol. The van der Waals surface area contributed by atoms with Crippen LogP contribution in [0.15, 0.2) is 27.2 Å². The molecule has 0 radical (unpaired) electrons. The molecule has 0 spiro atoms. The van der Waals surface area contributed by atoms with Crippen molar-refractivity contribution in [3.05, 3.63) is 28.2 Å². The Bertz CT molecular complexity index is 517. The summed E-state index contributed by atoms with van der Waals surface area (Å²) < 4.78 is 1.32. The maximum absolute atomic E-state index is 12.1. The fraction of sp³-hybridized carbons (Fsp3) is 0.455. The normalized spacial score (nSPS) is 16.1. The molecule has 0 amide bonds. The molecule has 6 heteroatoms. The smallest absolute Gasteiger partial charge is 0.265 e. The number of nitrogens with zero attached hydrogens (tertiary/aromatic N) is 4. The van der Waals surface area contributed by atoms with E-state index >= 15 is 0 Å². The topological polar surface area (TPSA) is 60.1 Å². The highest BCUT2D eigenvalue weighted by molar-refractivity contribution is 7.98. The third-order valence-electron chi connectivity index (χ3n) is 2.44. The third kappa shape index (κ3) is 2.63. The van der Waals surface area contributed by atoms with Gasteiger partial charge >= 0.3 is 0 Å². The Morgan fingerprint density at radius 3 is 2.82 bits per heavy atom. The van der Waals surface area contributed by atoms with Gasteiger partial charge in [0.05, 0.1) is 0 Å². The minimum Gasteiger partial charge on any atom is -0.265 e. The Kier molecular flexibility index (Phi) is 3.73. The van der Waals surface area contributed by atoms with Gasteiger partial charge in [-0.2, -0.15) is 9.78 Å². The van der Waals surface area contributed by atoms with Crippen LogP contribution in [0, 0.1) is 0 Å². The summed E-state index contributed by atoms with van der Waals surface area (Å²) in [7, 11) is 0. The summed E-state index contributed by atoms with van der Waals surface area (Å²) in [6.45, 7) is 1.89. The molecule has 5 nitrogen and oxygen atoms in total. The third-order valence-corrected chi connectivity index (χ3v) is 3.06. The van der Waals surface area contributed by atoms with Crippen LogP contribution < -0.4 is 5.56 Å². The molecule has 1 aliphatic carbocycles. The molecule has 0 saturated heterocycles. The fourth-order valence-electron chi connectivity index (χ4n) is 1.41. The van der Waals surface area contributed by atoms with E-state index in [0.29, 0.717) is 10.9 Å². The van der Waals surface area contributed by atoms with Gasteiger partial charge in [-0.1, -0.05) is 17.8 Å². The first-order valence-electron chi connectivity index (χ1n) is 5.47. The van der Waals surface area contributed by atoms with E-state index in [1.54, 1.807) is 12.3 Å². The molecule has 0 bridgehead atoms. The quantitative estimate of drug-likeness (QED) is 0.602. The van der Waals surface area contributed by atoms with Crippen LogP contribution in [0.4, 0.5) is 0 Å². The second kappa shape index (κ2) is 5.27. The zero-order valence-electron chi connectivity index (χ0n) is 9.83. The van der Waals surface area contributed by atoms with E-state index in [2.05, 4.69) is 15.3 Å². The fourth-order valence-corrected chi connectivity index (χ4v) is 1.84.